The molecule has 0 aromatic carbocycles. The van der Waals surface area contributed by atoms with Crippen LogP contribution in [0.5, 0.6) is 0 Å². The van der Waals surface area contributed by atoms with Gasteiger partial charge in [-0.3, -0.25) is 9.78 Å². The molecule has 0 aliphatic rings. The number of anilines is 2. The maximum absolute atomic E-state index is 14.2. The predicted molar refractivity (Wildman–Crippen MR) is 129 cm³/mol. The molecule has 1 atom stereocenters. The number of nitriles is 2. The molecule has 4 aromatic heterocycles. The number of pyridine rings is 2. The fraction of sp³-hybridized carbons (Fsp3) is 0.200. The van der Waals surface area contributed by atoms with Crippen LogP contribution in [0.4, 0.5) is 15.8 Å². The van der Waals surface area contributed by atoms with E-state index in [0.717, 1.165) is 0 Å². The Morgan fingerprint density at radius 2 is 1.94 bits per heavy atom. The number of amides is 1. The first kappa shape index (κ1) is 24.3. The molecule has 0 saturated heterocycles. The summed E-state index contributed by atoms with van der Waals surface area (Å²) >= 11 is 0. The molecule has 1 amide bonds. The fourth-order valence-electron chi connectivity index (χ4n) is 3.35. The summed E-state index contributed by atoms with van der Waals surface area (Å²) in [5.74, 6) is -0.596. The van der Waals surface area contributed by atoms with Crippen LogP contribution in [0.1, 0.15) is 35.5 Å². The summed E-state index contributed by atoms with van der Waals surface area (Å²) in [6.45, 7) is 2.25. The van der Waals surface area contributed by atoms with Crippen molar-refractivity contribution in [2.45, 2.75) is 25.6 Å². The molecule has 0 radical (unpaired) electrons. The molecule has 4 rings (SSSR count). The van der Waals surface area contributed by atoms with Crippen molar-refractivity contribution in [2.24, 2.45) is 0 Å². The summed E-state index contributed by atoms with van der Waals surface area (Å²) in [5.41, 5.74) is 1.82. The Hall–Kier alpha value is -4.87. The van der Waals surface area contributed by atoms with Gasteiger partial charge in [0.2, 0.25) is 0 Å². The van der Waals surface area contributed by atoms with E-state index in [2.05, 4.69) is 25.7 Å². The molecule has 1 unspecified atom stereocenters. The minimum Gasteiger partial charge on any atom is -0.387 e. The van der Waals surface area contributed by atoms with E-state index in [4.69, 9.17) is 10.5 Å². The first-order valence-electron chi connectivity index (χ1n) is 10.9. The average Bonchev–Trinajstić information content (AvgIpc) is 3.30. The van der Waals surface area contributed by atoms with Crippen molar-refractivity contribution in [3.05, 3.63) is 71.8 Å². The van der Waals surface area contributed by atoms with Gasteiger partial charge in [0.25, 0.3) is 5.91 Å². The van der Waals surface area contributed by atoms with E-state index in [9.17, 15) is 14.3 Å². The molecular weight excluding hydrogens is 463 g/mol. The van der Waals surface area contributed by atoms with E-state index in [1.54, 1.807) is 34.8 Å². The number of carbonyl (C=O) groups excluding carboxylic acids is 1. The maximum Gasteiger partial charge on any atom is 0.255 e. The molecule has 36 heavy (non-hydrogen) atoms. The van der Waals surface area contributed by atoms with Crippen LogP contribution >= 0.6 is 0 Å². The number of nitrogens with one attached hydrogen (secondary N) is 2. The quantitative estimate of drug-likeness (QED) is 0.362. The highest BCUT2D eigenvalue weighted by Crippen LogP contribution is 2.27. The number of hydrogen-bond donors (Lipinski definition) is 3. The van der Waals surface area contributed by atoms with Crippen molar-refractivity contribution in [1.82, 2.24) is 24.9 Å². The Labute approximate surface area is 205 Å². The van der Waals surface area contributed by atoms with Crippen LogP contribution in [0.3, 0.4) is 0 Å². The Kier molecular flexibility index (Phi) is 6.59. The Bertz CT molecular complexity index is 1510. The molecule has 0 fully saturated rings. The Morgan fingerprint density at radius 1 is 1.14 bits per heavy atom. The number of carbonyl (C=O) groups is 1. The summed E-state index contributed by atoms with van der Waals surface area (Å²) in [7, 11) is 0. The van der Waals surface area contributed by atoms with Gasteiger partial charge in [0.05, 0.1) is 63.9 Å². The van der Waals surface area contributed by atoms with Gasteiger partial charge in [-0.15, -0.1) is 0 Å². The zero-order valence-corrected chi connectivity index (χ0v) is 19.4. The third kappa shape index (κ3) is 5.12. The smallest absolute Gasteiger partial charge is 0.255 e. The van der Waals surface area contributed by atoms with Gasteiger partial charge in [0.1, 0.15) is 24.0 Å². The summed E-state index contributed by atoms with van der Waals surface area (Å²) in [5, 5.41) is 37.8. The maximum atomic E-state index is 14.2. The number of nitrogens with zero attached hydrogens (tertiary/aromatic N) is 6. The summed E-state index contributed by atoms with van der Waals surface area (Å²) in [6, 6.07) is 14.1. The Balaban J connectivity index is 1.71. The molecule has 0 spiro atoms. The number of fused-ring (bicyclic) bond motifs is 1. The molecule has 4 heterocycles. The predicted octanol–water partition coefficient (Wildman–Crippen LogP) is 3.12. The van der Waals surface area contributed by atoms with Crippen LogP contribution in [-0.2, 0) is 0 Å². The topological polar surface area (TPSA) is 152 Å². The number of hydrogen-bond acceptors (Lipinski definition) is 8. The van der Waals surface area contributed by atoms with Gasteiger partial charge in [-0.05, 0) is 50.2 Å². The molecule has 0 saturated carbocycles. The lowest BCUT2D eigenvalue weighted by molar-refractivity contribution is -0.00177. The van der Waals surface area contributed by atoms with E-state index in [1.165, 1.54) is 38.5 Å². The molecule has 3 N–H and O–H groups in total. The van der Waals surface area contributed by atoms with Crippen LogP contribution in [0, 0.1) is 22.7 Å². The van der Waals surface area contributed by atoms with Crippen molar-refractivity contribution in [3.8, 4) is 23.5 Å². The highest BCUT2D eigenvalue weighted by Gasteiger charge is 2.27. The second-order valence-corrected chi connectivity index (χ2v) is 8.53. The first-order valence-corrected chi connectivity index (χ1v) is 10.9. The fourth-order valence-corrected chi connectivity index (χ4v) is 3.35. The number of aromatic nitrogens is 4. The van der Waals surface area contributed by atoms with Crippen molar-refractivity contribution in [2.75, 3.05) is 11.9 Å². The average molecular weight is 484 g/mol. The van der Waals surface area contributed by atoms with Crippen LogP contribution in [-0.4, -0.2) is 48.9 Å². The van der Waals surface area contributed by atoms with E-state index >= 15 is 0 Å². The SMILES string of the molecule is CC(C)(O)C(F)CNC(=O)c1cnc(-c2ccc3cc(C#N)cnn23)cc1Nc1ccc(C#N)nc1. The van der Waals surface area contributed by atoms with Gasteiger partial charge in [0, 0.05) is 6.20 Å². The number of aliphatic hydroxyl groups is 1. The molecule has 0 aliphatic heterocycles. The van der Waals surface area contributed by atoms with Crippen molar-refractivity contribution < 1.29 is 14.3 Å². The summed E-state index contributed by atoms with van der Waals surface area (Å²) in [6.07, 6.45) is 2.56. The van der Waals surface area contributed by atoms with Crippen LogP contribution in [0.25, 0.3) is 16.9 Å². The van der Waals surface area contributed by atoms with Crippen LogP contribution in [0.2, 0.25) is 0 Å². The number of halogens is 1. The molecule has 4 aromatic rings. The second kappa shape index (κ2) is 9.78. The van der Waals surface area contributed by atoms with E-state index < -0.39 is 24.2 Å². The first-order chi connectivity index (χ1) is 17.2. The largest absolute Gasteiger partial charge is 0.387 e. The number of rotatable bonds is 7. The monoisotopic (exact) mass is 484 g/mol. The highest BCUT2D eigenvalue weighted by atomic mass is 19.1. The van der Waals surface area contributed by atoms with Crippen molar-refractivity contribution in [3.63, 3.8) is 0 Å². The molecule has 0 aliphatic carbocycles. The Morgan fingerprint density at radius 3 is 2.61 bits per heavy atom. The van der Waals surface area contributed by atoms with Gasteiger partial charge in [-0.25, -0.2) is 13.9 Å². The van der Waals surface area contributed by atoms with Crippen molar-refractivity contribution in [1.29, 1.82) is 10.5 Å². The minimum absolute atomic E-state index is 0.131. The van der Waals surface area contributed by atoms with Crippen LogP contribution < -0.4 is 10.6 Å². The summed E-state index contributed by atoms with van der Waals surface area (Å²) < 4.78 is 15.8. The zero-order chi connectivity index (χ0) is 25.9. The van der Waals surface area contributed by atoms with Gasteiger partial charge >= 0.3 is 0 Å². The molecule has 0 bridgehead atoms. The highest BCUT2D eigenvalue weighted by molar-refractivity contribution is 6.00. The molecular formula is C25H21FN8O2. The number of alkyl halides is 1. The lowest BCUT2D eigenvalue weighted by Gasteiger charge is -2.22. The van der Waals surface area contributed by atoms with Crippen LogP contribution in [0.15, 0.2) is 55.0 Å². The zero-order valence-electron chi connectivity index (χ0n) is 19.4. The normalized spacial score (nSPS) is 11.9. The third-order valence-corrected chi connectivity index (χ3v) is 5.41. The van der Waals surface area contributed by atoms with Gasteiger partial charge in [0.15, 0.2) is 0 Å². The van der Waals surface area contributed by atoms with E-state index in [1.807, 2.05) is 12.1 Å². The van der Waals surface area contributed by atoms with E-state index in [-0.39, 0.29) is 11.3 Å². The minimum atomic E-state index is -1.68. The lowest BCUT2D eigenvalue weighted by atomic mass is 10.0. The van der Waals surface area contributed by atoms with Gasteiger partial charge in [-0.2, -0.15) is 15.6 Å². The van der Waals surface area contributed by atoms with E-state index in [0.29, 0.717) is 33.8 Å². The molecule has 180 valence electrons. The van der Waals surface area contributed by atoms with Gasteiger partial charge in [-0.1, -0.05) is 0 Å². The van der Waals surface area contributed by atoms with Gasteiger partial charge < -0.3 is 15.7 Å². The standard InChI is InChI=1S/C25H21FN8O2/c1-25(2,36)23(26)14-31-24(35)19-13-30-21(8-20(19)33-17-4-3-16(10-28)29-12-17)22-6-5-18-7-15(9-27)11-32-34(18)22/h3-8,11-13,23,36H,14H2,1-2H3,(H,30,33)(H,31,35). The lowest BCUT2D eigenvalue weighted by Crippen LogP contribution is -2.42. The molecule has 11 heteroatoms. The molecule has 10 nitrogen and oxygen atoms in total. The van der Waals surface area contributed by atoms with Crippen molar-refractivity contribution >= 4 is 22.8 Å². The summed E-state index contributed by atoms with van der Waals surface area (Å²) in [4.78, 5) is 21.4. The second-order valence-electron chi connectivity index (χ2n) is 8.53. The third-order valence-electron chi connectivity index (χ3n) is 5.41.